The van der Waals surface area contributed by atoms with E-state index in [1.54, 1.807) is 12.1 Å². The van der Waals surface area contributed by atoms with E-state index >= 15 is 0 Å². The first kappa shape index (κ1) is 33.6. The number of hydrogen-bond donors (Lipinski definition) is 2. The molecule has 2 heterocycles. The summed E-state index contributed by atoms with van der Waals surface area (Å²) >= 11 is 3.48. The van der Waals surface area contributed by atoms with E-state index in [2.05, 4.69) is 22.9 Å². The van der Waals surface area contributed by atoms with Gasteiger partial charge in [-0.25, -0.2) is 4.90 Å². The first-order chi connectivity index (χ1) is 23.1. The van der Waals surface area contributed by atoms with E-state index in [0.29, 0.717) is 24.2 Å². The quantitative estimate of drug-likeness (QED) is 0.0705. The number of rotatable bonds is 11. The van der Waals surface area contributed by atoms with Crippen molar-refractivity contribution in [3.05, 3.63) is 110 Å². The number of nitro benzene ring substituents is 1. The van der Waals surface area contributed by atoms with Gasteiger partial charge in [0, 0.05) is 22.2 Å². The molecule has 12 heteroatoms. The fourth-order valence-electron chi connectivity index (χ4n) is 7.35. The van der Waals surface area contributed by atoms with Crippen LogP contribution in [0.2, 0.25) is 6.32 Å². The van der Waals surface area contributed by atoms with Crippen molar-refractivity contribution in [3.8, 4) is 11.5 Å². The number of allylic oxidation sites excluding steroid dienone is 1. The molecular weight excluding hydrogens is 679 g/mol. The summed E-state index contributed by atoms with van der Waals surface area (Å²) < 4.78 is 13.2. The predicted molar refractivity (Wildman–Crippen MR) is 185 cm³/mol. The minimum Gasteiger partial charge on any atom is -0.507 e. The van der Waals surface area contributed by atoms with Gasteiger partial charge in [-0.2, -0.15) is 0 Å². The van der Waals surface area contributed by atoms with E-state index in [-0.39, 0.29) is 36.5 Å². The molecule has 48 heavy (non-hydrogen) atoms. The summed E-state index contributed by atoms with van der Waals surface area (Å²) in [5.41, 5.74) is 3.48. The van der Waals surface area contributed by atoms with Crippen LogP contribution >= 0.6 is 15.9 Å². The molecule has 3 aromatic carbocycles. The number of non-ortho nitro benzene ring substituents is 1. The lowest BCUT2D eigenvalue weighted by molar-refractivity contribution is -0.384. The van der Waals surface area contributed by atoms with Crippen LogP contribution in [0.25, 0.3) is 6.08 Å². The van der Waals surface area contributed by atoms with Crippen LogP contribution in [0.1, 0.15) is 44.6 Å². The van der Waals surface area contributed by atoms with Crippen LogP contribution in [0, 0.1) is 27.9 Å². The number of phenolic OH excluding ortho intramolecular Hbond substituents is 1. The number of hydrogen-bond acceptors (Lipinski definition) is 8. The van der Waals surface area contributed by atoms with E-state index in [0.717, 1.165) is 38.9 Å². The lowest BCUT2D eigenvalue weighted by Gasteiger charge is -2.43. The number of carbonyl (C=O) groups is 2. The second-order valence-electron chi connectivity index (χ2n) is 12.5. The molecule has 2 fully saturated rings. The number of fused-ring (bicyclic) bond motifs is 3. The van der Waals surface area contributed by atoms with Gasteiger partial charge in [-0.1, -0.05) is 65.2 Å². The topological polar surface area (TPSA) is 139 Å². The Morgan fingerprint density at radius 3 is 2.62 bits per heavy atom. The number of imide groups is 1. The van der Waals surface area contributed by atoms with Gasteiger partial charge in [0.2, 0.25) is 11.8 Å². The van der Waals surface area contributed by atoms with E-state index in [4.69, 9.17) is 9.39 Å². The third kappa shape index (κ3) is 6.97. The van der Waals surface area contributed by atoms with Crippen LogP contribution in [-0.2, 0) is 14.2 Å². The Balaban J connectivity index is 1.34. The van der Waals surface area contributed by atoms with Crippen LogP contribution in [0.15, 0.2) is 94.0 Å². The maximum Gasteiger partial charge on any atom is 0.455 e. The number of anilines is 1. The molecule has 1 aliphatic carbocycles. The average molecular weight is 715 g/mol. The van der Waals surface area contributed by atoms with Crippen molar-refractivity contribution in [1.82, 2.24) is 0 Å². The van der Waals surface area contributed by atoms with Gasteiger partial charge in [0.1, 0.15) is 18.1 Å². The summed E-state index contributed by atoms with van der Waals surface area (Å²) in [7, 11) is -1.15. The van der Waals surface area contributed by atoms with E-state index in [9.17, 15) is 29.8 Å². The van der Waals surface area contributed by atoms with Gasteiger partial charge in [0.25, 0.3) is 5.69 Å². The summed E-state index contributed by atoms with van der Waals surface area (Å²) in [4.78, 5) is 40.1. The molecule has 4 atom stereocenters. The summed E-state index contributed by atoms with van der Waals surface area (Å²) in [6, 6.07) is 20.2. The van der Waals surface area contributed by atoms with Crippen molar-refractivity contribution >= 4 is 52.3 Å². The van der Waals surface area contributed by atoms with Crippen molar-refractivity contribution < 1.29 is 34.0 Å². The molecule has 0 bridgehead atoms. The highest BCUT2D eigenvalue weighted by Crippen LogP contribution is 2.51. The van der Waals surface area contributed by atoms with E-state index < -0.39 is 47.7 Å². The Bertz CT molecular complexity index is 1780. The SMILES string of the molecule is CCC/C(=C\c1cc(Br)ccc1O)CC[C@H]1OB(O)C[C@H]2C1=C(COc1ccccc1)C[C@H]1C(=O)N(c3cccc([N+](=O)[O-])c3)C(=O)[C@H]12. The van der Waals surface area contributed by atoms with Crippen LogP contribution in [0.4, 0.5) is 11.4 Å². The number of nitro groups is 1. The fourth-order valence-corrected chi connectivity index (χ4v) is 7.73. The fraction of sp³-hybridized carbons (Fsp3) is 0.333. The Morgan fingerprint density at radius 1 is 1.08 bits per heavy atom. The second kappa shape index (κ2) is 14.5. The molecule has 10 nitrogen and oxygen atoms in total. The number of halogens is 1. The zero-order chi connectivity index (χ0) is 33.9. The minimum atomic E-state index is -1.15. The van der Waals surface area contributed by atoms with Gasteiger partial charge < -0.3 is 19.5 Å². The van der Waals surface area contributed by atoms with Crippen molar-refractivity contribution in [1.29, 1.82) is 0 Å². The standard InChI is InChI=1S/C36H36BBrN2O8/c1-2-7-22(16-23-17-25(38)13-14-31(23)41)12-15-32-33-24(21-47-28-10-4-3-5-11-28)18-29-34(30(33)20-37(44)48-32)36(43)39(35(29)42)26-8-6-9-27(19-26)40(45)46/h3-6,8-11,13-14,16-17,19,29-30,32,34,41,44H,2,7,12,15,18,20-21H2,1H3/b22-16+/t29-,30+,32-,34-/m1/s1. The van der Waals surface area contributed by atoms with Gasteiger partial charge >= 0.3 is 7.12 Å². The van der Waals surface area contributed by atoms with Crippen LogP contribution < -0.4 is 9.64 Å². The van der Waals surface area contributed by atoms with Crippen molar-refractivity contribution in [2.24, 2.45) is 17.8 Å². The number of carbonyl (C=O) groups excluding carboxylic acids is 2. The van der Waals surface area contributed by atoms with Gasteiger partial charge in [-0.05, 0) is 85.5 Å². The lowest BCUT2D eigenvalue weighted by atomic mass is 9.58. The number of ether oxygens (including phenoxy) is 1. The molecule has 2 N–H and O–H groups in total. The highest BCUT2D eigenvalue weighted by molar-refractivity contribution is 9.10. The largest absolute Gasteiger partial charge is 0.507 e. The van der Waals surface area contributed by atoms with Crippen LogP contribution in [-0.4, -0.2) is 46.7 Å². The normalized spacial score (nSPS) is 22.5. The highest BCUT2D eigenvalue weighted by atomic mass is 79.9. The number of para-hydroxylation sites is 1. The number of amides is 2. The molecule has 2 aliphatic heterocycles. The Morgan fingerprint density at radius 2 is 1.88 bits per heavy atom. The number of aromatic hydroxyl groups is 1. The molecule has 3 aliphatic rings. The summed E-state index contributed by atoms with van der Waals surface area (Å²) in [5, 5.41) is 33.0. The van der Waals surface area contributed by atoms with E-state index in [1.165, 1.54) is 24.3 Å². The monoisotopic (exact) mass is 714 g/mol. The summed E-state index contributed by atoms with van der Waals surface area (Å²) in [5.74, 6) is -1.96. The van der Waals surface area contributed by atoms with Gasteiger partial charge in [-0.3, -0.25) is 19.7 Å². The zero-order valence-electron chi connectivity index (χ0n) is 26.5. The number of benzene rings is 3. The molecule has 0 unspecified atom stereocenters. The molecule has 0 aromatic heterocycles. The maximum atomic E-state index is 14.1. The van der Waals surface area contributed by atoms with Crippen LogP contribution in [0.5, 0.6) is 11.5 Å². The minimum absolute atomic E-state index is 0.132. The molecule has 6 rings (SSSR count). The van der Waals surface area contributed by atoms with Crippen molar-refractivity contribution in [2.75, 3.05) is 11.5 Å². The number of nitrogens with zero attached hydrogens (tertiary/aromatic N) is 2. The molecule has 0 spiro atoms. The van der Waals surface area contributed by atoms with Gasteiger partial charge in [0.15, 0.2) is 0 Å². The molecule has 248 valence electrons. The average Bonchev–Trinajstić information content (AvgIpc) is 3.33. The first-order valence-electron chi connectivity index (χ1n) is 16.2. The Hall–Kier alpha value is -4.26. The molecule has 2 amide bonds. The van der Waals surface area contributed by atoms with Gasteiger partial charge in [0.05, 0.1) is 28.6 Å². The van der Waals surface area contributed by atoms with Crippen molar-refractivity contribution in [2.45, 2.75) is 51.5 Å². The van der Waals surface area contributed by atoms with Gasteiger partial charge in [-0.15, -0.1) is 0 Å². The molecule has 0 saturated carbocycles. The maximum absolute atomic E-state index is 14.1. The van der Waals surface area contributed by atoms with E-state index in [1.807, 2.05) is 42.5 Å². The second-order valence-corrected chi connectivity index (χ2v) is 13.4. The summed E-state index contributed by atoms with van der Waals surface area (Å²) in [6.07, 6.45) is 4.65. The summed E-state index contributed by atoms with van der Waals surface area (Å²) in [6.45, 7) is 2.26. The number of phenols is 1. The predicted octanol–water partition coefficient (Wildman–Crippen LogP) is 7.11. The molecule has 3 aromatic rings. The third-order valence-electron chi connectivity index (χ3n) is 9.41. The first-order valence-corrected chi connectivity index (χ1v) is 17.0. The zero-order valence-corrected chi connectivity index (χ0v) is 28.0. The Kier molecular flexibility index (Phi) is 10.1. The van der Waals surface area contributed by atoms with Crippen LogP contribution in [0.3, 0.4) is 0 Å². The Labute approximate surface area is 287 Å². The third-order valence-corrected chi connectivity index (χ3v) is 9.90. The smallest absolute Gasteiger partial charge is 0.455 e. The van der Waals surface area contributed by atoms with Crippen molar-refractivity contribution in [3.63, 3.8) is 0 Å². The molecule has 0 radical (unpaired) electrons. The molecule has 2 saturated heterocycles. The lowest BCUT2D eigenvalue weighted by Crippen LogP contribution is -2.46. The molecular formula is C36H36BBrN2O8. The highest BCUT2D eigenvalue weighted by Gasteiger charge is 2.57.